The van der Waals surface area contributed by atoms with Gasteiger partial charge in [0.05, 0.1) is 23.6 Å². The van der Waals surface area contributed by atoms with Gasteiger partial charge in [-0.05, 0) is 78.4 Å². The molecular formula is C36H36F4N4O5. The summed E-state index contributed by atoms with van der Waals surface area (Å²) in [7, 11) is 1.45. The molecular weight excluding hydrogens is 644 g/mol. The number of anilines is 1. The number of aromatic nitrogens is 2. The zero-order valence-corrected chi connectivity index (χ0v) is 27.2. The smallest absolute Gasteiger partial charge is 0.319 e. The summed E-state index contributed by atoms with van der Waals surface area (Å²) in [5.74, 6) is -2.32. The molecule has 4 saturated heterocycles. The van der Waals surface area contributed by atoms with E-state index in [0.717, 1.165) is 19.4 Å². The highest BCUT2D eigenvalue weighted by Gasteiger charge is 2.50. The minimum absolute atomic E-state index is 0.0992. The number of piperidine rings is 1. The number of carbonyl (C=O) groups excluding carboxylic acids is 1. The van der Waals surface area contributed by atoms with Crippen molar-refractivity contribution in [1.29, 1.82) is 0 Å². The van der Waals surface area contributed by atoms with Gasteiger partial charge in [0.2, 0.25) is 0 Å². The minimum atomic E-state index is -0.977. The van der Waals surface area contributed by atoms with Crippen LogP contribution in [0, 0.1) is 23.4 Å². The lowest BCUT2D eigenvalue weighted by Gasteiger charge is -2.44. The van der Waals surface area contributed by atoms with Crippen molar-refractivity contribution in [2.75, 3.05) is 51.6 Å². The van der Waals surface area contributed by atoms with Gasteiger partial charge in [-0.15, -0.1) is 0 Å². The Hall–Kier alpha value is -4.23. The van der Waals surface area contributed by atoms with Gasteiger partial charge >= 0.3 is 12.0 Å². The van der Waals surface area contributed by atoms with Gasteiger partial charge in [0, 0.05) is 32.0 Å². The van der Waals surface area contributed by atoms with Crippen molar-refractivity contribution in [3.63, 3.8) is 0 Å². The number of esters is 1. The Morgan fingerprint density at radius 3 is 2.69 bits per heavy atom. The van der Waals surface area contributed by atoms with Crippen molar-refractivity contribution in [3.8, 4) is 22.9 Å². The molecule has 8 rings (SSSR count). The normalized spacial score (nSPS) is 25.0. The van der Waals surface area contributed by atoms with Crippen molar-refractivity contribution >= 4 is 33.5 Å². The van der Waals surface area contributed by atoms with Crippen LogP contribution >= 0.6 is 0 Å². The number of ether oxygens (including phenoxy) is 4. The van der Waals surface area contributed by atoms with Crippen LogP contribution in [0.5, 0.6) is 11.8 Å². The van der Waals surface area contributed by atoms with Crippen LogP contribution in [0.2, 0.25) is 0 Å². The van der Waals surface area contributed by atoms with Crippen molar-refractivity contribution in [1.82, 2.24) is 14.9 Å². The molecule has 258 valence electrons. The lowest BCUT2D eigenvalue weighted by atomic mass is 9.89. The Labute approximate surface area is 280 Å². The van der Waals surface area contributed by atoms with E-state index in [4.69, 9.17) is 18.9 Å². The van der Waals surface area contributed by atoms with Crippen LogP contribution in [0.25, 0.3) is 32.8 Å². The van der Waals surface area contributed by atoms with Gasteiger partial charge in [0.25, 0.3) is 0 Å². The molecule has 0 aliphatic carbocycles. The van der Waals surface area contributed by atoms with E-state index in [-0.39, 0.29) is 78.4 Å². The number of hydrogen-bond donors (Lipinski definition) is 0. The number of alkyl halides is 1. The maximum absolute atomic E-state index is 17.1. The summed E-state index contributed by atoms with van der Waals surface area (Å²) in [4.78, 5) is 25.0. The molecule has 4 fully saturated rings. The van der Waals surface area contributed by atoms with Crippen LogP contribution < -0.4 is 14.4 Å². The van der Waals surface area contributed by atoms with Gasteiger partial charge in [-0.25, -0.2) is 17.6 Å². The highest BCUT2D eigenvalue weighted by molar-refractivity contribution is 6.03. The van der Waals surface area contributed by atoms with Crippen molar-refractivity contribution < 1.29 is 41.3 Å². The lowest BCUT2D eigenvalue weighted by molar-refractivity contribution is -0.185. The van der Waals surface area contributed by atoms with Crippen molar-refractivity contribution in [3.05, 3.63) is 53.3 Å². The van der Waals surface area contributed by atoms with Crippen LogP contribution in [0.4, 0.5) is 23.4 Å². The van der Waals surface area contributed by atoms with Gasteiger partial charge in [-0.1, -0.05) is 13.0 Å². The largest absolute Gasteiger partial charge is 0.468 e. The minimum Gasteiger partial charge on any atom is -0.468 e. The molecule has 0 bridgehead atoms. The Morgan fingerprint density at radius 2 is 1.92 bits per heavy atom. The van der Waals surface area contributed by atoms with Crippen LogP contribution in [0.1, 0.15) is 38.2 Å². The van der Waals surface area contributed by atoms with E-state index in [1.807, 2.05) is 4.90 Å². The van der Waals surface area contributed by atoms with Gasteiger partial charge in [0.15, 0.2) is 12.6 Å². The summed E-state index contributed by atoms with van der Waals surface area (Å²) < 4.78 is 85.6. The predicted molar refractivity (Wildman–Crippen MR) is 173 cm³/mol. The first-order valence-corrected chi connectivity index (χ1v) is 16.7. The SMILES string of the molecule is CCc1c(F)ccc2cc(OCOC)cc(-c3c(F)cc4c(N5CC[C@H]6C(=O)O[C@H]6C5)nc(OC[C@@]56CCCN5C[C@H](F)C6)nc4c3F)c12. The van der Waals surface area contributed by atoms with Gasteiger partial charge in [-0.2, -0.15) is 9.97 Å². The van der Waals surface area contributed by atoms with Crippen LogP contribution in [0.15, 0.2) is 30.3 Å². The second-order valence-electron chi connectivity index (χ2n) is 13.5. The van der Waals surface area contributed by atoms with Crippen molar-refractivity contribution in [2.45, 2.75) is 56.8 Å². The van der Waals surface area contributed by atoms with E-state index in [2.05, 4.69) is 14.9 Å². The Kier molecular flexibility index (Phi) is 8.02. The molecule has 13 heteroatoms. The van der Waals surface area contributed by atoms with E-state index in [1.165, 1.54) is 25.3 Å². The van der Waals surface area contributed by atoms with Crippen molar-refractivity contribution in [2.24, 2.45) is 5.92 Å². The fraction of sp³-hybridized carbons (Fsp3) is 0.472. The molecule has 5 heterocycles. The number of carbonyl (C=O) groups is 1. The molecule has 4 aromatic rings. The van der Waals surface area contributed by atoms with E-state index in [1.54, 1.807) is 19.1 Å². The average molecular weight is 681 g/mol. The summed E-state index contributed by atoms with van der Waals surface area (Å²) in [5.41, 5.74) is -0.698. The highest BCUT2D eigenvalue weighted by atomic mass is 19.1. The number of aryl methyl sites for hydroxylation is 1. The van der Waals surface area contributed by atoms with Gasteiger partial charge in [-0.3, -0.25) is 9.69 Å². The van der Waals surface area contributed by atoms with Crippen LogP contribution in [-0.2, 0) is 20.7 Å². The number of hydrogen-bond acceptors (Lipinski definition) is 9. The standard InChI is InChI=1S/C36H36F4N4O5/c1-3-22-26(38)6-5-19-11-21(48-18-46-2)12-24(29(19)22)30-27(39)13-25-32(31(30)40)41-35(47-17-36-8-4-9-44(36)15-20(37)14-36)42-33(25)43-10-7-23-28(16-43)49-34(23)45/h5-6,11-13,20,23,28H,3-4,7-10,14-18H2,1-2H3/t20-,23-,28+,36+/m1/s1. The average Bonchev–Trinajstić information content (AvgIpc) is 3.61. The quantitative estimate of drug-likeness (QED) is 0.118. The number of halogens is 4. The Balaban J connectivity index is 1.29. The van der Waals surface area contributed by atoms with Gasteiger partial charge < -0.3 is 23.8 Å². The van der Waals surface area contributed by atoms with E-state index in [0.29, 0.717) is 42.3 Å². The summed E-state index contributed by atoms with van der Waals surface area (Å²) in [5, 5.41) is 0.999. The van der Waals surface area contributed by atoms with E-state index in [9.17, 15) is 9.18 Å². The molecule has 49 heavy (non-hydrogen) atoms. The molecule has 0 radical (unpaired) electrons. The first-order valence-electron chi connectivity index (χ1n) is 16.7. The van der Waals surface area contributed by atoms with Gasteiger partial charge in [0.1, 0.15) is 47.6 Å². The molecule has 4 aliphatic rings. The van der Waals surface area contributed by atoms with E-state index >= 15 is 13.2 Å². The zero-order chi connectivity index (χ0) is 34.0. The molecule has 0 spiro atoms. The molecule has 0 saturated carbocycles. The number of fused-ring (bicyclic) bond motifs is 4. The molecule has 0 N–H and O–H groups in total. The first-order chi connectivity index (χ1) is 23.7. The number of nitrogens with zero attached hydrogens (tertiary/aromatic N) is 4. The molecule has 4 atom stereocenters. The summed E-state index contributed by atoms with van der Waals surface area (Å²) in [6.45, 7) is 3.56. The molecule has 0 amide bonds. The van der Waals surface area contributed by atoms with Crippen LogP contribution in [-0.4, -0.2) is 85.3 Å². The zero-order valence-electron chi connectivity index (χ0n) is 27.2. The number of benzene rings is 3. The molecule has 0 unspecified atom stereocenters. The predicted octanol–water partition coefficient (Wildman–Crippen LogP) is 6.12. The molecule has 4 aliphatic heterocycles. The third-order valence-electron chi connectivity index (χ3n) is 10.6. The third-order valence-corrected chi connectivity index (χ3v) is 10.6. The second-order valence-corrected chi connectivity index (χ2v) is 13.5. The fourth-order valence-electron chi connectivity index (χ4n) is 8.26. The number of methoxy groups -OCH3 is 1. The number of rotatable bonds is 9. The maximum atomic E-state index is 17.1. The van der Waals surface area contributed by atoms with Crippen LogP contribution in [0.3, 0.4) is 0 Å². The Bertz CT molecular complexity index is 1980. The molecule has 1 aromatic heterocycles. The fourth-order valence-corrected chi connectivity index (χ4v) is 8.26. The monoisotopic (exact) mass is 680 g/mol. The molecule has 3 aromatic carbocycles. The highest BCUT2D eigenvalue weighted by Crippen LogP contribution is 2.44. The first kappa shape index (κ1) is 32.0. The summed E-state index contributed by atoms with van der Waals surface area (Å²) in [6, 6.07) is 7.08. The molecule has 9 nitrogen and oxygen atoms in total. The summed E-state index contributed by atoms with van der Waals surface area (Å²) >= 11 is 0. The summed E-state index contributed by atoms with van der Waals surface area (Å²) in [6.07, 6.45) is 1.42. The van der Waals surface area contributed by atoms with E-state index < -0.39 is 34.7 Å². The second kappa shape index (κ2) is 12.3. The Morgan fingerprint density at radius 1 is 1.06 bits per heavy atom. The lowest BCUT2D eigenvalue weighted by Crippen LogP contribution is -2.56. The maximum Gasteiger partial charge on any atom is 0.319 e. The topological polar surface area (TPSA) is 86.2 Å². The third kappa shape index (κ3) is 5.32.